The molecule has 4 nitrogen and oxygen atoms in total. The molecule has 0 radical (unpaired) electrons. The molecule has 0 N–H and O–H groups in total. The normalized spacial score (nSPS) is 16.3. The third-order valence-electron chi connectivity index (χ3n) is 3.77. The van der Waals surface area contributed by atoms with Crippen molar-refractivity contribution in [1.82, 2.24) is 4.98 Å². The molecule has 0 saturated heterocycles. The van der Waals surface area contributed by atoms with E-state index in [2.05, 4.69) is 20.9 Å². The van der Waals surface area contributed by atoms with E-state index in [0.717, 1.165) is 0 Å². The second kappa shape index (κ2) is 5.89. The minimum atomic E-state index is -1.20. The van der Waals surface area contributed by atoms with Gasteiger partial charge in [-0.25, -0.2) is 0 Å². The lowest BCUT2D eigenvalue weighted by molar-refractivity contribution is -0.133. The number of hydrogen-bond acceptors (Lipinski definition) is 4. The summed E-state index contributed by atoms with van der Waals surface area (Å²) in [6.07, 6.45) is 2.50. The number of benzene rings is 1. The Bertz CT molecular complexity index is 802. The van der Waals surface area contributed by atoms with E-state index in [9.17, 15) is 14.4 Å². The van der Waals surface area contributed by atoms with Crippen LogP contribution in [0.4, 0.5) is 0 Å². The van der Waals surface area contributed by atoms with Gasteiger partial charge in [0.25, 0.3) is 0 Å². The quantitative estimate of drug-likeness (QED) is 0.587. The zero-order valence-electron chi connectivity index (χ0n) is 11.4. The molecule has 1 aliphatic carbocycles. The van der Waals surface area contributed by atoms with Crippen molar-refractivity contribution >= 4 is 55.8 Å². The lowest BCUT2D eigenvalue weighted by Gasteiger charge is -2.19. The second-order valence-corrected chi connectivity index (χ2v) is 6.52. The summed E-state index contributed by atoms with van der Waals surface area (Å²) in [5, 5.41) is 1.15. The topological polar surface area (TPSA) is 64.1 Å². The number of hydrogen-bond donors (Lipinski definition) is 0. The average molecular weight is 381 g/mol. The fourth-order valence-electron chi connectivity index (χ4n) is 2.73. The van der Waals surface area contributed by atoms with E-state index in [1.165, 1.54) is 6.20 Å². The molecule has 2 aromatic rings. The number of aromatic nitrogens is 1. The zero-order chi connectivity index (χ0) is 15.9. The summed E-state index contributed by atoms with van der Waals surface area (Å²) in [6, 6.07) is 5.17. The van der Waals surface area contributed by atoms with Crippen molar-refractivity contribution < 1.29 is 14.4 Å². The number of Topliss-reactive ketones (excluding diaryl/α,β-unsaturated/α-hetero) is 3. The highest BCUT2D eigenvalue weighted by molar-refractivity contribution is 9.10. The van der Waals surface area contributed by atoms with Crippen molar-refractivity contribution in [3.8, 4) is 0 Å². The summed E-state index contributed by atoms with van der Waals surface area (Å²) >= 11 is 9.24. The molecule has 1 heterocycles. The molecule has 0 spiro atoms. The molecule has 1 aromatic heterocycles. The lowest BCUT2D eigenvalue weighted by atomic mass is 9.81. The Labute approximate surface area is 140 Å². The molecule has 0 atom stereocenters. The Morgan fingerprint density at radius 1 is 1.23 bits per heavy atom. The molecular formula is C16H11BrClNO3. The predicted octanol–water partition coefficient (Wildman–Crippen LogP) is 3.77. The summed E-state index contributed by atoms with van der Waals surface area (Å²) in [5.74, 6) is -2.30. The third kappa shape index (κ3) is 2.59. The van der Waals surface area contributed by atoms with Gasteiger partial charge in [-0.1, -0.05) is 17.7 Å². The minimum absolute atomic E-state index is 0.266. The summed E-state index contributed by atoms with van der Waals surface area (Å²) in [5.41, 5.74) is 0.706. The van der Waals surface area contributed by atoms with E-state index >= 15 is 0 Å². The molecule has 1 fully saturated rings. The van der Waals surface area contributed by atoms with E-state index in [1.807, 2.05) is 0 Å². The smallest absolute Gasteiger partial charge is 0.184 e. The Kier molecular flexibility index (Phi) is 4.10. The first-order valence-corrected chi connectivity index (χ1v) is 7.99. The Balaban J connectivity index is 2.16. The molecule has 0 bridgehead atoms. The Hall–Kier alpha value is -1.59. The van der Waals surface area contributed by atoms with Crippen molar-refractivity contribution in [2.24, 2.45) is 5.92 Å². The highest BCUT2D eigenvalue weighted by atomic mass is 79.9. The number of ketones is 3. The van der Waals surface area contributed by atoms with Crippen LogP contribution in [0.25, 0.3) is 10.9 Å². The standard InChI is InChI=1S/C16H11BrClNO3/c17-10-5-4-8-6-9(18)7-19-15(8)13(10)16(22)14-11(20)2-1-3-12(14)21/h4-7,14H,1-3H2. The van der Waals surface area contributed by atoms with Crippen LogP contribution in [0.5, 0.6) is 0 Å². The van der Waals surface area contributed by atoms with Crippen LogP contribution in [-0.4, -0.2) is 22.3 Å². The van der Waals surface area contributed by atoms with Crippen molar-refractivity contribution in [3.05, 3.63) is 39.5 Å². The van der Waals surface area contributed by atoms with Gasteiger partial charge in [0.15, 0.2) is 17.3 Å². The van der Waals surface area contributed by atoms with Crippen LogP contribution in [-0.2, 0) is 9.59 Å². The number of rotatable bonds is 2. The van der Waals surface area contributed by atoms with Gasteiger partial charge in [-0.3, -0.25) is 19.4 Å². The summed E-state index contributed by atoms with van der Waals surface area (Å²) in [7, 11) is 0. The van der Waals surface area contributed by atoms with E-state index < -0.39 is 11.7 Å². The van der Waals surface area contributed by atoms with E-state index in [1.54, 1.807) is 18.2 Å². The van der Waals surface area contributed by atoms with Crippen LogP contribution in [0.3, 0.4) is 0 Å². The number of halogens is 2. The van der Waals surface area contributed by atoms with Gasteiger partial charge < -0.3 is 0 Å². The first-order valence-electron chi connectivity index (χ1n) is 6.82. The van der Waals surface area contributed by atoms with Gasteiger partial charge in [0.05, 0.1) is 16.1 Å². The van der Waals surface area contributed by atoms with E-state index in [0.29, 0.717) is 26.8 Å². The summed E-state index contributed by atoms with van der Waals surface area (Å²) < 4.78 is 0.519. The summed E-state index contributed by atoms with van der Waals surface area (Å²) in [4.78, 5) is 41.0. The van der Waals surface area contributed by atoms with Gasteiger partial charge in [0.1, 0.15) is 5.92 Å². The van der Waals surface area contributed by atoms with Crippen LogP contribution in [0, 0.1) is 5.92 Å². The molecule has 0 aliphatic heterocycles. The number of carbonyl (C=O) groups is 3. The van der Waals surface area contributed by atoms with Crippen LogP contribution in [0.15, 0.2) is 28.9 Å². The molecule has 1 aliphatic rings. The third-order valence-corrected chi connectivity index (χ3v) is 4.64. The Morgan fingerprint density at radius 3 is 2.59 bits per heavy atom. The first kappa shape index (κ1) is 15.3. The zero-order valence-corrected chi connectivity index (χ0v) is 13.8. The van der Waals surface area contributed by atoms with Crippen LogP contribution in [0.2, 0.25) is 5.02 Å². The molecule has 112 valence electrons. The predicted molar refractivity (Wildman–Crippen MR) is 86.1 cm³/mol. The molecule has 1 saturated carbocycles. The molecule has 0 unspecified atom stereocenters. The van der Waals surface area contributed by atoms with Crippen molar-refractivity contribution in [2.75, 3.05) is 0 Å². The number of pyridine rings is 1. The maximum Gasteiger partial charge on any atom is 0.184 e. The largest absolute Gasteiger partial charge is 0.298 e. The monoisotopic (exact) mass is 379 g/mol. The highest BCUT2D eigenvalue weighted by Crippen LogP contribution is 2.31. The van der Waals surface area contributed by atoms with Gasteiger partial charge in [-0.05, 0) is 34.5 Å². The maximum atomic E-state index is 12.8. The van der Waals surface area contributed by atoms with Gasteiger partial charge in [0.2, 0.25) is 0 Å². The molecule has 6 heteroatoms. The average Bonchev–Trinajstić information content (AvgIpc) is 2.47. The Morgan fingerprint density at radius 2 is 1.91 bits per heavy atom. The summed E-state index contributed by atoms with van der Waals surface area (Å²) in [6.45, 7) is 0. The maximum absolute atomic E-state index is 12.8. The van der Waals surface area contributed by atoms with Crippen molar-refractivity contribution in [1.29, 1.82) is 0 Å². The van der Waals surface area contributed by atoms with Gasteiger partial charge >= 0.3 is 0 Å². The van der Waals surface area contributed by atoms with Gasteiger partial charge in [0, 0.05) is 28.9 Å². The van der Waals surface area contributed by atoms with Crippen LogP contribution >= 0.6 is 27.5 Å². The molecule has 22 heavy (non-hydrogen) atoms. The van der Waals surface area contributed by atoms with Crippen LogP contribution in [0.1, 0.15) is 29.6 Å². The molecular weight excluding hydrogens is 370 g/mol. The highest BCUT2D eigenvalue weighted by Gasteiger charge is 2.38. The minimum Gasteiger partial charge on any atom is -0.298 e. The van der Waals surface area contributed by atoms with E-state index in [-0.39, 0.29) is 30.0 Å². The molecule has 0 amide bonds. The fourth-order valence-corrected chi connectivity index (χ4v) is 3.41. The van der Waals surface area contributed by atoms with Crippen LogP contribution < -0.4 is 0 Å². The van der Waals surface area contributed by atoms with E-state index in [4.69, 9.17) is 11.6 Å². The number of fused-ring (bicyclic) bond motifs is 1. The molecule has 1 aromatic carbocycles. The lowest BCUT2D eigenvalue weighted by Crippen LogP contribution is -2.35. The first-order chi connectivity index (χ1) is 10.5. The number of carbonyl (C=O) groups excluding carboxylic acids is 3. The fraction of sp³-hybridized carbons (Fsp3) is 0.250. The van der Waals surface area contributed by atoms with Crippen molar-refractivity contribution in [2.45, 2.75) is 19.3 Å². The van der Waals surface area contributed by atoms with Gasteiger partial charge in [-0.15, -0.1) is 0 Å². The molecule has 3 rings (SSSR count). The second-order valence-electron chi connectivity index (χ2n) is 5.23. The number of nitrogens with zero attached hydrogens (tertiary/aromatic N) is 1. The van der Waals surface area contributed by atoms with Gasteiger partial charge in [-0.2, -0.15) is 0 Å². The SMILES string of the molecule is O=C1CCCC(=O)C1C(=O)c1c(Br)ccc2cc(Cl)cnc12. The van der Waals surface area contributed by atoms with Crippen molar-refractivity contribution in [3.63, 3.8) is 0 Å².